The molecule has 12 heavy (non-hydrogen) atoms. The van der Waals surface area contributed by atoms with Gasteiger partial charge in [0.05, 0.1) is 5.41 Å². The van der Waals surface area contributed by atoms with Gasteiger partial charge in [-0.25, -0.2) is 0 Å². The van der Waals surface area contributed by atoms with Gasteiger partial charge in [-0.05, 0) is 6.92 Å². The Hall–Kier alpha value is -0.860. The third kappa shape index (κ3) is 0.958. The molecular weight excluding hydrogens is 154 g/mol. The molecule has 0 aromatic carbocycles. The van der Waals surface area contributed by atoms with E-state index in [1.807, 2.05) is 27.7 Å². The van der Waals surface area contributed by atoms with Gasteiger partial charge in [-0.1, -0.05) is 20.8 Å². The van der Waals surface area contributed by atoms with Crippen LogP contribution in [0.5, 0.6) is 0 Å². The molecule has 3 nitrogen and oxygen atoms in total. The molecule has 3 heteroatoms. The quantitative estimate of drug-likeness (QED) is 0.550. The smallest absolute Gasteiger partial charge is 0.235 e. The highest BCUT2D eigenvalue weighted by atomic mass is 16.2. The van der Waals surface area contributed by atoms with Crippen LogP contribution in [0, 0.1) is 11.3 Å². The summed E-state index contributed by atoms with van der Waals surface area (Å²) < 4.78 is 0. The lowest BCUT2D eigenvalue weighted by Crippen LogP contribution is -2.32. The number of amides is 2. The predicted molar refractivity (Wildman–Crippen MR) is 45.3 cm³/mol. The van der Waals surface area contributed by atoms with Gasteiger partial charge in [0.2, 0.25) is 11.8 Å². The first-order valence-corrected chi connectivity index (χ1v) is 4.28. The zero-order valence-corrected chi connectivity index (χ0v) is 8.05. The molecule has 0 aromatic heterocycles. The van der Waals surface area contributed by atoms with E-state index in [0.717, 1.165) is 0 Å². The molecule has 68 valence electrons. The van der Waals surface area contributed by atoms with Crippen molar-refractivity contribution in [2.75, 3.05) is 6.54 Å². The topological polar surface area (TPSA) is 37.4 Å². The molecule has 1 rings (SSSR count). The van der Waals surface area contributed by atoms with Crippen LogP contribution >= 0.6 is 0 Å². The van der Waals surface area contributed by atoms with Crippen LogP contribution in [0.4, 0.5) is 0 Å². The Kier molecular flexibility index (Phi) is 1.98. The molecule has 1 unspecified atom stereocenters. The Balaban J connectivity index is 3.02. The Morgan fingerprint density at radius 2 is 1.92 bits per heavy atom. The molecule has 1 saturated heterocycles. The van der Waals surface area contributed by atoms with Crippen LogP contribution in [-0.4, -0.2) is 23.3 Å². The second-order valence-electron chi connectivity index (χ2n) is 3.83. The summed E-state index contributed by atoms with van der Waals surface area (Å²) in [4.78, 5) is 24.4. The van der Waals surface area contributed by atoms with E-state index in [1.54, 1.807) is 0 Å². The molecule has 0 radical (unpaired) electrons. The van der Waals surface area contributed by atoms with E-state index in [1.165, 1.54) is 4.90 Å². The summed E-state index contributed by atoms with van der Waals surface area (Å²) in [6, 6.07) is 0. The summed E-state index contributed by atoms with van der Waals surface area (Å²) in [5.41, 5.74) is -0.507. The molecular formula is C9H15NO2. The molecule has 1 heterocycles. The Bertz CT molecular complexity index is 233. The van der Waals surface area contributed by atoms with Crippen molar-refractivity contribution in [3.8, 4) is 0 Å². The second kappa shape index (κ2) is 2.57. The number of rotatable bonds is 1. The van der Waals surface area contributed by atoms with Gasteiger partial charge in [-0.2, -0.15) is 0 Å². The predicted octanol–water partition coefficient (Wildman–Crippen LogP) is 1.04. The first-order valence-electron chi connectivity index (χ1n) is 4.28. The van der Waals surface area contributed by atoms with E-state index in [9.17, 15) is 9.59 Å². The highest BCUT2D eigenvalue weighted by Crippen LogP contribution is 2.36. The van der Waals surface area contributed by atoms with E-state index in [2.05, 4.69) is 0 Å². The van der Waals surface area contributed by atoms with Gasteiger partial charge in [0, 0.05) is 12.5 Å². The van der Waals surface area contributed by atoms with Crippen LogP contribution in [0.15, 0.2) is 0 Å². The van der Waals surface area contributed by atoms with E-state index >= 15 is 0 Å². The van der Waals surface area contributed by atoms with Crippen LogP contribution in [0.1, 0.15) is 27.7 Å². The lowest BCUT2D eigenvalue weighted by atomic mass is 9.82. The molecule has 1 aliphatic rings. The molecule has 0 bridgehead atoms. The largest absolute Gasteiger partial charge is 0.282 e. The number of carbonyl (C=O) groups is 2. The molecule has 2 amide bonds. The summed E-state index contributed by atoms with van der Waals surface area (Å²) >= 11 is 0. The molecule has 0 N–H and O–H groups in total. The zero-order chi connectivity index (χ0) is 9.52. The Labute approximate surface area is 72.7 Å². The van der Waals surface area contributed by atoms with Crippen molar-refractivity contribution in [3.05, 3.63) is 0 Å². The fourth-order valence-corrected chi connectivity index (χ4v) is 1.48. The van der Waals surface area contributed by atoms with Crippen molar-refractivity contribution in [1.29, 1.82) is 0 Å². The number of likely N-dealkylation sites (tertiary alicyclic amines) is 1. The summed E-state index contributed by atoms with van der Waals surface area (Å²) in [5.74, 6) is -0.250. The third-order valence-corrected chi connectivity index (χ3v) is 2.83. The van der Waals surface area contributed by atoms with Crippen molar-refractivity contribution in [1.82, 2.24) is 4.90 Å². The Morgan fingerprint density at radius 1 is 1.42 bits per heavy atom. The minimum atomic E-state index is -0.507. The van der Waals surface area contributed by atoms with Crippen LogP contribution in [0.2, 0.25) is 0 Å². The molecule has 1 aliphatic heterocycles. The minimum absolute atomic E-state index is 0.0347. The monoisotopic (exact) mass is 169 g/mol. The summed E-state index contributed by atoms with van der Waals surface area (Å²) in [6.07, 6.45) is 0. The zero-order valence-electron chi connectivity index (χ0n) is 8.05. The van der Waals surface area contributed by atoms with Gasteiger partial charge in [0.25, 0.3) is 0 Å². The normalized spacial score (nSPS) is 28.3. The molecule has 0 aromatic rings. The number of imide groups is 1. The molecule has 1 atom stereocenters. The summed E-state index contributed by atoms with van der Waals surface area (Å²) in [5, 5.41) is 0. The molecule has 0 spiro atoms. The first-order chi connectivity index (χ1) is 5.42. The minimum Gasteiger partial charge on any atom is -0.282 e. The van der Waals surface area contributed by atoms with Crippen molar-refractivity contribution in [3.63, 3.8) is 0 Å². The molecule has 1 fully saturated rings. The number of carbonyl (C=O) groups excluding carboxylic acids is 2. The van der Waals surface area contributed by atoms with E-state index in [-0.39, 0.29) is 17.7 Å². The van der Waals surface area contributed by atoms with Crippen molar-refractivity contribution < 1.29 is 9.59 Å². The van der Waals surface area contributed by atoms with Gasteiger partial charge < -0.3 is 0 Å². The summed E-state index contributed by atoms with van der Waals surface area (Å²) in [6.45, 7) is 7.78. The lowest BCUT2D eigenvalue weighted by molar-refractivity contribution is -0.140. The van der Waals surface area contributed by atoms with Gasteiger partial charge in [0.1, 0.15) is 0 Å². The highest BCUT2D eigenvalue weighted by molar-refractivity contribution is 6.06. The first kappa shape index (κ1) is 9.23. The van der Waals surface area contributed by atoms with Crippen molar-refractivity contribution in [2.24, 2.45) is 11.3 Å². The number of hydrogen-bond acceptors (Lipinski definition) is 2. The average molecular weight is 169 g/mol. The second-order valence-corrected chi connectivity index (χ2v) is 3.83. The Morgan fingerprint density at radius 3 is 2.08 bits per heavy atom. The molecule has 0 saturated carbocycles. The third-order valence-electron chi connectivity index (χ3n) is 2.83. The van der Waals surface area contributed by atoms with Crippen molar-refractivity contribution >= 4 is 11.8 Å². The van der Waals surface area contributed by atoms with E-state index in [0.29, 0.717) is 6.54 Å². The van der Waals surface area contributed by atoms with Gasteiger partial charge in [0.15, 0.2) is 0 Å². The standard InChI is InChI=1S/C9H15NO2/c1-5-10-7(11)6(2)9(3,4)8(10)12/h6H,5H2,1-4H3. The van der Waals surface area contributed by atoms with Crippen LogP contribution in [0.25, 0.3) is 0 Å². The maximum atomic E-state index is 11.6. The van der Waals surface area contributed by atoms with Crippen molar-refractivity contribution in [2.45, 2.75) is 27.7 Å². The van der Waals surface area contributed by atoms with Crippen LogP contribution < -0.4 is 0 Å². The van der Waals surface area contributed by atoms with Crippen LogP contribution in [0.3, 0.4) is 0 Å². The van der Waals surface area contributed by atoms with Crippen LogP contribution in [-0.2, 0) is 9.59 Å². The number of nitrogens with zero attached hydrogens (tertiary/aromatic N) is 1. The highest BCUT2D eigenvalue weighted by Gasteiger charge is 2.50. The van der Waals surface area contributed by atoms with E-state index in [4.69, 9.17) is 0 Å². The fraction of sp³-hybridized carbons (Fsp3) is 0.778. The maximum absolute atomic E-state index is 11.6. The molecule has 0 aliphatic carbocycles. The lowest BCUT2D eigenvalue weighted by Gasteiger charge is -2.17. The van der Waals surface area contributed by atoms with Gasteiger partial charge >= 0.3 is 0 Å². The van der Waals surface area contributed by atoms with Gasteiger partial charge in [-0.15, -0.1) is 0 Å². The van der Waals surface area contributed by atoms with E-state index < -0.39 is 5.41 Å². The fourth-order valence-electron chi connectivity index (χ4n) is 1.48. The number of hydrogen-bond donors (Lipinski definition) is 0. The summed E-state index contributed by atoms with van der Waals surface area (Å²) in [7, 11) is 0. The maximum Gasteiger partial charge on any atom is 0.235 e. The average Bonchev–Trinajstić information content (AvgIpc) is 2.15. The SMILES string of the molecule is CCN1C(=O)C(C)C(C)(C)C1=O. The van der Waals surface area contributed by atoms with Gasteiger partial charge in [-0.3, -0.25) is 14.5 Å².